The van der Waals surface area contributed by atoms with Gasteiger partial charge in [-0.2, -0.15) is 5.10 Å². The van der Waals surface area contributed by atoms with Crippen LogP contribution in [0.1, 0.15) is 55.2 Å². The number of carboxylic acid groups (broad SMARTS) is 2. The second-order valence-corrected chi connectivity index (χ2v) is 8.42. The van der Waals surface area contributed by atoms with E-state index >= 15 is 0 Å². The van der Waals surface area contributed by atoms with Crippen molar-refractivity contribution >= 4 is 12.9 Å². The molecule has 3 heterocycles. The lowest BCUT2D eigenvalue weighted by atomic mass is 10.0. The third-order valence-electron chi connectivity index (χ3n) is 5.85. The summed E-state index contributed by atoms with van der Waals surface area (Å²) >= 11 is 0. The predicted molar refractivity (Wildman–Crippen MR) is 125 cm³/mol. The molecule has 2 aliphatic heterocycles. The highest BCUT2D eigenvalue weighted by atomic mass is 16.5. The number of methoxy groups -OCH3 is 1. The summed E-state index contributed by atoms with van der Waals surface area (Å²) in [5.74, 6) is 0.935. The van der Waals surface area contributed by atoms with Gasteiger partial charge in [-0.05, 0) is 63.9 Å². The zero-order chi connectivity index (χ0) is 24.2. The van der Waals surface area contributed by atoms with Crippen molar-refractivity contribution in [3.63, 3.8) is 0 Å². The Morgan fingerprint density at radius 2 is 1.73 bits per heavy atom. The third kappa shape index (κ3) is 7.57. The van der Waals surface area contributed by atoms with Gasteiger partial charge < -0.3 is 14.9 Å². The summed E-state index contributed by atoms with van der Waals surface area (Å²) in [4.78, 5) is 21.8. The first-order chi connectivity index (χ1) is 16.0. The van der Waals surface area contributed by atoms with Crippen LogP contribution >= 0.6 is 0 Å². The average molecular weight is 461 g/mol. The summed E-state index contributed by atoms with van der Waals surface area (Å²) < 4.78 is 7.66. The Balaban J connectivity index is 0.000000582. The summed E-state index contributed by atoms with van der Waals surface area (Å²) in [6.45, 7) is 10.5. The van der Waals surface area contributed by atoms with Crippen LogP contribution in [-0.2, 0) is 35.6 Å². The van der Waals surface area contributed by atoms with Gasteiger partial charge in [0.2, 0.25) is 0 Å². The molecule has 1 saturated heterocycles. The van der Waals surface area contributed by atoms with Gasteiger partial charge >= 0.3 is 0 Å². The number of benzene rings is 1. The molecule has 0 amide bonds. The van der Waals surface area contributed by atoms with Crippen LogP contribution in [0.3, 0.4) is 0 Å². The Morgan fingerprint density at radius 1 is 1.06 bits per heavy atom. The molecule has 9 nitrogen and oxygen atoms in total. The second-order valence-electron chi connectivity index (χ2n) is 8.42. The van der Waals surface area contributed by atoms with E-state index in [9.17, 15) is 0 Å². The number of aromatic nitrogens is 2. The fourth-order valence-electron chi connectivity index (χ4n) is 4.44. The van der Waals surface area contributed by atoms with Gasteiger partial charge in [0.1, 0.15) is 5.75 Å². The van der Waals surface area contributed by atoms with Crippen LogP contribution in [0.4, 0.5) is 0 Å². The molecule has 9 heteroatoms. The van der Waals surface area contributed by atoms with Gasteiger partial charge in [-0.25, -0.2) is 0 Å². The molecule has 2 N–H and O–H groups in total. The van der Waals surface area contributed by atoms with Crippen LogP contribution in [0.2, 0.25) is 0 Å². The standard InChI is InChI=1S/C22H32N4O.2CH2O2/c1-17(2)26-22-16-25(14-18-7-6-8-19(13-18)27-3)12-9-20(22)21(23-26)15-24-10-4-5-11-24;2*2-1-3/h6-8,13,17H,4-5,9-12,14-16H2,1-3H3;2*1H,(H,2,3). The lowest BCUT2D eigenvalue weighted by Gasteiger charge is -2.29. The van der Waals surface area contributed by atoms with Crippen LogP contribution < -0.4 is 4.74 Å². The highest BCUT2D eigenvalue weighted by Crippen LogP contribution is 2.28. The Bertz CT molecular complexity index is 872. The van der Waals surface area contributed by atoms with E-state index in [0.29, 0.717) is 6.04 Å². The molecule has 0 spiro atoms. The van der Waals surface area contributed by atoms with Gasteiger partial charge in [0.05, 0.1) is 18.5 Å². The normalized spacial score (nSPS) is 15.6. The van der Waals surface area contributed by atoms with E-state index in [1.807, 2.05) is 6.07 Å². The van der Waals surface area contributed by atoms with Crippen molar-refractivity contribution in [2.45, 2.75) is 58.8 Å². The highest BCUT2D eigenvalue weighted by Gasteiger charge is 2.27. The van der Waals surface area contributed by atoms with E-state index in [1.165, 1.54) is 48.4 Å². The van der Waals surface area contributed by atoms with Crippen LogP contribution in [-0.4, -0.2) is 69.5 Å². The molecule has 4 rings (SSSR count). The van der Waals surface area contributed by atoms with Crippen LogP contribution in [0, 0.1) is 0 Å². The van der Waals surface area contributed by atoms with Crippen molar-refractivity contribution in [1.82, 2.24) is 19.6 Å². The monoisotopic (exact) mass is 460 g/mol. The third-order valence-corrected chi connectivity index (χ3v) is 5.85. The molecule has 2 aliphatic rings. The molecule has 1 aromatic carbocycles. The fourth-order valence-corrected chi connectivity index (χ4v) is 4.44. The topological polar surface area (TPSA) is 108 Å². The van der Waals surface area contributed by atoms with Gasteiger partial charge in [-0.3, -0.25) is 24.1 Å². The summed E-state index contributed by atoms with van der Waals surface area (Å²) in [7, 11) is 1.73. The lowest BCUT2D eigenvalue weighted by Crippen LogP contribution is -2.31. The summed E-state index contributed by atoms with van der Waals surface area (Å²) in [5.41, 5.74) is 5.57. The number of fused-ring (bicyclic) bond motifs is 1. The van der Waals surface area contributed by atoms with Crippen molar-refractivity contribution in [3.05, 3.63) is 46.8 Å². The molecular formula is C24H36N4O5. The highest BCUT2D eigenvalue weighted by molar-refractivity contribution is 5.33. The van der Waals surface area contributed by atoms with E-state index in [0.717, 1.165) is 38.3 Å². The van der Waals surface area contributed by atoms with Crippen molar-refractivity contribution in [1.29, 1.82) is 0 Å². The number of rotatable bonds is 6. The molecule has 2 aromatic rings. The van der Waals surface area contributed by atoms with Crippen LogP contribution in [0.15, 0.2) is 24.3 Å². The van der Waals surface area contributed by atoms with E-state index in [4.69, 9.17) is 29.6 Å². The molecule has 0 aliphatic carbocycles. The molecule has 0 radical (unpaired) electrons. The van der Waals surface area contributed by atoms with Crippen LogP contribution in [0.5, 0.6) is 5.75 Å². The Morgan fingerprint density at radius 3 is 2.33 bits per heavy atom. The number of nitrogens with zero attached hydrogens (tertiary/aromatic N) is 4. The van der Waals surface area contributed by atoms with Gasteiger partial charge in [0.25, 0.3) is 12.9 Å². The molecule has 1 aromatic heterocycles. The quantitative estimate of drug-likeness (QED) is 0.634. The Hall–Kier alpha value is -2.91. The van der Waals surface area contributed by atoms with Gasteiger partial charge in [0, 0.05) is 37.8 Å². The maximum absolute atomic E-state index is 8.36. The minimum Gasteiger partial charge on any atom is -0.497 e. The minimum atomic E-state index is -0.250. The first-order valence-electron chi connectivity index (χ1n) is 11.3. The number of hydrogen-bond donors (Lipinski definition) is 2. The average Bonchev–Trinajstić information content (AvgIpc) is 3.43. The zero-order valence-electron chi connectivity index (χ0n) is 19.8. The largest absolute Gasteiger partial charge is 0.497 e. The fraction of sp³-hybridized carbons (Fsp3) is 0.542. The van der Waals surface area contributed by atoms with Crippen molar-refractivity contribution in [3.8, 4) is 5.75 Å². The smallest absolute Gasteiger partial charge is 0.290 e. The maximum atomic E-state index is 8.36. The first kappa shape index (κ1) is 26.3. The SMILES string of the molecule is COc1cccc(CN2CCc3c(CN4CCCC4)nn(C(C)C)c3C2)c1.O=CO.O=CO. The number of hydrogen-bond acceptors (Lipinski definition) is 6. The molecule has 0 saturated carbocycles. The van der Waals surface area contributed by atoms with Gasteiger partial charge in [0.15, 0.2) is 0 Å². The van der Waals surface area contributed by atoms with Crippen molar-refractivity contribution in [2.75, 3.05) is 26.7 Å². The zero-order valence-corrected chi connectivity index (χ0v) is 19.8. The molecule has 182 valence electrons. The van der Waals surface area contributed by atoms with E-state index in [1.54, 1.807) is 7.11 Å². The van der Waals surface area contributed by atoms with Gasteiger partial charge in [-0.1, -0.05) is 12.1 Å². The number of carbonyl (C=O) groups is 2. The molecule has 33 heavy (non-hydrogen) atoms. The predicted octanol–water partition coefficient (Wildman–Crippen LogP) is 3.03. The van der Waals surface area contributed by atoms with Gasteiger partial charge in [-0.15, -0.1) is 0 Å². The van der Waals surface area contributed by atoms with Crippen molar-refractivity contribution < 1.29 is 24.5 Å². The summed E-state index contributed by atoms with van der Waals surface area (Å²) in [6.07, 6.45) is 3.78. The Kier molecular flexibility index (Phi) is 10.9. The summed E-state index contributed by atoms with van der Waals surface area (Å²) in [6, 6.07) is 8.83. The second kappa shape index (κ2) is 13.6. The first-order valence-corrected chi connectivity index (χ1v) is 11.3. The molecule has 1 fully saturated rings. The molecular weight excluding hydrogens is 424 g/mol. The minimum absolute atomic E-state index is 0.250. The Labute approximate surface area is 195 Å². The number of likely N-dealkylation sites (tertiary alicyclic amines) is 1. The maximum Gasteiger partial charge on any atom is 0.290 e. The summed E-state index contributed by atoms with van der Waals surface area (Å²) in [5, 5.41) is 18.8. The van der Waals surface area contributed by atoms with Crippen LogP contribution in [0.25, 0.3) is 0 Å². The molecule has 0 bridgehead atoms. The lowest BCUT2D eigenvalue weighted by molar-refractivity contribution is -0.123. The van der Waals surface area contributed by atoms with E-state index in [-0.39, 0.29) is 12.9 Å². The number of ether oxygens (including phenoxy) is 1. The molecule has 0 atom stereocenters. The van der Waals surface area contributed by atoms with E-state index < -0.39 is 0 Å². The van der Waals surface area contributed by atoms with Crippen molar-refractivity contribution in [2.24, 2.45) is 0 Å². The van der Waals surface area contributed by atoms with E-state index in [2.05, 4.69) is 46.5 Å². The molecule has 0 unspecified atom stereocenters.